The van der Waals surface area contributed by atoms with Crippen molar-refractivity contribution in [2.75, 3.05) is 6.61 Å². The predicted octanol–water partition coefficient (Wildman–Crippen LogP) is 2.78. The highest BCUT2D eigenvalue weighted by atomic mass is 35.6. The van der Waals surface area contributed by atoms with Crippen LogP contribution in [0.25, 0.3) is 0 Å². The molecule has 0 aliphatic heterocycles. The van der Waals surface area contributed by atoms with Gasteiger partial charge in [0.25, 0.3) is 6.47 Å². The van der Waals surface area contributed by atoms with Crippen molar-refractivity contribution in [2.24, 2.45) is 0 Å². The number of rotatable bonds is 6. The largest absolute Gasteiger partial charge is 0.458 e. The second-order valence-corrected chi connectivity index (χ2v) is 12.8. The van der Waals surface area contributed by atoms with E-state index in [-0.39, 0.29) is 13.1 Å². The lowest BCUT2D eigenvalue weighted by Gasteiger charge is -2.22. The van der Waals surface area contributed by atoms with Crippen molar-refractivity contribution in [3.05, 3.63) is 0 Å². The van der Waals surface area contributed by atoms with Gasteiger partial charge in [0.1, 0.15) is 6.61 Å². The molecule has 0 amide bonds. The van der Waals surface area contributed by atoms with Gasteiger partial charge in [0.15, 0.2) is 6.10 Å². The number of hydrogen-bond donors (Lipinski definition) is 0. The Morgan fingerprint density at radius 3 is 2.24 bits per heavy atom. The quantitative estimate of drug-likeness (QED) is 0.327. The molecule has 4 nitrogen and oxygen atoms in total. The molecule has 0 fully saturated rings. The van der Waals surface area contributed by atoms with E-state index in [1.807, 2.05) is 19.6 Å². The topological polar surface area (TPSA) is 52.6 Å². The smallest absolute Gasteiger partial charge is 0.347 e. The molecule has 1 unspecified atom stereocenters. The van der Waals surface area contributed by atoms with Crippen LogP contribution < -0.4 is 0 Å². The number of esters is 1. The minimum absolute atomic E-state index is 0.224. The van der Waals surface area contributed by atoms with Crippen LogP contribution in [0.15, 0.2) is 0 Å². The molecule has 0 heterocycles. The van der Waals surface area contributed by atoms with Gasteiger partial charge >= 0.3 is 5.97 Å². The summed E-state index contributed by atoms with van der Waals surface area (Å²) in [6.07, 6.45) is -0.925. The third-order valence-electron chi connectivity index (χ3n) is 1.66. The summed E-state index contributed by atoms with van der Waals surface area (Å²) in [5.41, 5.74) is 0. The number of carbonyl (C=O) groups excluding carboxylic acids is 2. The lowest BCUT2D eigenvalue weighted by atomic mass is 10.4. The van der Waals surface area contributed by atoms with Crippen LogP contribution in [0.3, 0.4) is 0 Å². The van der Waals surface area contributed by atoms with Crippen LogP contribution in [0.2, 0.25) is 25.7 Å². The second-order valence-electron chi connectivity index (χ2n) is 4.71. The van der Waals surface area contributed by atoms with Gasteiger partial charge in [-0.25, -0.2) is 4.79 Å². The van der Waals surface area contributed by atoms with E-state index in [0.29, 0.717) is 6.04 Å². The molecule has 17 heavy (non-hydrogen) atoms. The van der Waals surface area contributed by atoms with Crippen LogP contribution in [0, 0.1) is 0 Å². The third kappa shape index (κ3) is 9.70. The fourth-order valence-electron chi connectivity index (χ4n) is 1.06. The minimum atomic E-state index is -1.67. The number of alkyl halides is 3. The van der Waals surface area contributed by atoms with Crippen molar-refractivity contribution in [2.45, 2.75) is 35.6 Å². The minimum Gasteiger partial charge on any atom is -0.458 e. The third-order valence-corrected chi connectivity index (χ3v) is 3.58. The summed E-state index contributed by atoms with van der Waals surface area (Å²) in [6, 6.07) is 0.463. The number of halogens is 3. The highest BCUT2D eigenvalue weighted by Crippen LogP contribution is 2.26. The van der Waals surface area contributed by atoms with Gasteiger partial charge in [-0.15, -0.1) is 0 Å². The molecule has 8 heteroatoms. The Morgan fingerprint density at radius 2 is 1.88 bits per heavy atom. The fraction of sp³-hybridized carbons (Fsp3) is 0.778. The molecule has 0 spiro atoms. The van der Waals surface area contributed by atoms with Crippen molar-refractivity contribution in [1.29, 1.82) is 0 Å². The van der Waals surface area contributed by atoms with E-state index in [1.54, 1.807) is 0 Å². The van der Waals surface area contributed by atoms with Crippen LogP contribution in [-0.4, -0.2) is 37.0 Å². The average Bonchev–Trinajstić information content (AvgIpc) is 2.10. The maximum absolute atomic E-state index is 11.6. The molecular weight excluding hydrogens is 307 g/mol. The molecule has 0 aromatic rings. The molecule has 0 rings (SSSR count). The van der Waals surface area contributed by atoms with Gasteiger partial charge in [-0.3, -0.25) is 4.79 Å². The standard InChI is InChI=1S/C9H15Cl3O4Si/c1-17(2,3)4-7(16-6-13)8(14)15-5-9(10,11)12/h6-7H,4-5H2,1-3H3. The van der Waals surface area contributed by atoms with Crippen molar-refractivity contribution in [1.82, 2.24) is 0 Å². The first-order chi connectivity index (χ1) is 7.55. The molecule has 0 bridgehead atoms. The first-order valence-electron chi connectivity index (χ1n) is 4.88. The van der Waals surface area contributed by atoms with Crippen LogP contribution in [0.4, 0.5) is 0 Å². The van der Waals surface area contributed by atoms with Gasteiger partial charge in [-0.2, -0.15) is 0 Å². The van der Waals surface area contributed by atoms with Gasteiger partial charge in [-0.05, 0) is 6.04 Å². The highest BCUT2D eigenvalue weighted by Gasteiger charge is 2.31. The zero-order valence-corrected chi connectivity index (χ0v) is 13.1. The van der Waals surface area contributed by atoms with E-state index >= 15 is 0 Å². The monoisotopic (exact) mass is 320 g/mol. The Kier molecular flexibility index (Phi) is 6.84. The van der Waals surface area contributed by atoms with Gasteiger partial charge in [0, 0.05) is 8.07 Å². The molecule has 1 atom stereocenters. The van der Waals surface area contributed by atoms with Crippen LogP contribution in [0.1, 0.15) is 0 Å². The zero-order valence-electron chi connectivity index (χ0n) is 9.84. The molecule has 0 saturated heterocycles. The van der Waals surface area contributed by atoms with Crippen molar-refractivity contribution < 1.29 is 19.1 Å². The lowest BCUT2D eigenvalue weighted by Crippen LogP contribution is -2.36. The van der Waals surface area contributed by atoms with E-state index in [2.05, 4.69) is 0 Å². The summed E-state index contributed by atoms with van der Waals surface area (Å²) in [5, 5.41) is 0. The van der Waals surface area contributed by atoms with E-state index in [9.17, 15) is 9.59 Å². The Hall–Kier alpha value is 0.0269. The maximum atomic E-state index is 11.6. The van der Waals surface area contributed by atoms with Gasteiger partial charge in [0.2, 0.25) is 3.79 Å². The molecule has 0 aromatic heterocycles. The average molecular weight is 322 g/mol. The molecular formula is C9H15Cl3O4Si. The van der Waals surface area contributed by atoms with Crippen LogP contribution in [-0.2, 0) is 19.1 Å². The number of ether oxygens (including phenoxy) is 2. The van der Waals surface area contributed by atoms with E-state index in [4.69, 9.17) is 44.3 Å². The number of carbonyl (C=O) groups is 2. The van der Waals surface area contributed by atoms with Crippen LogP contribution >= 0.6 is 34.8 Å². The Morgan fingerprint density at radius 1 is 1.35 bits per heavy atom. The summed E-state index contributed by atoms with van der Waals surface area (Å²) in [6.45, 7) is 5.96. The molecule has 0 saturated carbocycles. The number of hydrogen-bond acceptors (Lipinski definition) is 4. The molecule has 0 aromatic carbocycles. The summed E-state index contributed by atoms with van der Waals surface area (Å²) >= 11 is 16.3. The Balaban J connectivity index is 4.40. The molecule has 100 valence electrons. The maximum Gasteiger partial charge on any atom is 0.347 e. The zero-order chi connectivity index (χ0) is 13.7. The summed E-state index contributed by atoms with van der Waals surface area (Å²) in [5.74, 6) is -0.689. The molecule has 0 radical (unpaired) electrons. The fourth-order valence-corrected chi connectivity index (χ4v) is 2.60. The van der Waals surface area contributed by atoms with Crippen LogP contribution in [0.5, 0.6) is 0 Å². The van der Waals surface area contributed by atoms with Gasteiger partial charge in [-0.1, -0.05) is 54.4 Å². The highest BCUT2D eigenvalue weighted by molar-refractivity contribution is 6.76. The Bertz CT molecular complexity index is 272. The summed E-state index contributed by atoms with van der Waals surface area (Å²) < 4.78 is 7.80. The SMILES string of the molecule is C[Si](C)(C)CC(OC=O)C(=O)OCC(Cl)(Cl)Cl. The van der Waals surface area contributed by atoms with E-state index < -0.39 is 23.9 Å². The normalized spacial score (nSPS) is 14.0. The summed E-state index contributed by atoms with van der Waals surface area (Å²) in [7, 11) is -1.58. The van der Waals surface area contributed by atoms with E-state index in [1.165, 1.54) is 0 Å². The summed E-state index contributed by atoms with van der Waals surface area (Å²) in [4.78, 5) is 21.9. The molecule has 0 N–H and O–H groups in total. The van der Waals surface area contributed by atoms with Gasteiger partial charge < -0.3 is 9.47 Å². The molecule has 0 aliphatic carbocycles. The van der Waals surface area contributed by atoms with E-state index in [0.717, 1.165) is 0 Å². The lowest BCUT2D eigenvalue weighted by molar-refractivity contribution is -0.160. The van der Waals surface area contributed by atoms with Gasteiger partial charge in [0.05, 0.1) is 0 Å². The van der Waals surface area contributed by atoms with Crippen molar-refractivity contribution in [3.63, 3.8) is 0 Å². The predicted molar refractivity (Wildman–Crippen MR) is 70.3 cm³/mol. The first kappa shape index (κ1) is 17.0. The second kappa shape index (κ2) is 6.83. The Labute approximate surface area is 116 Å². The first-order valence-corrected chi connectivity index (χ1v) is 9.72. The molecule has 0 aliphatic rings. The van der Waals surface area contributed by atoms with Crippen molar-refractivity contribution >= 4 is 55.3 Å². The van der Waals surface area contributed by atoms with Crippen molar-refractivity contribution in [3.8, 4) is 0 Å².